The molecule has 2 aromatic rings. The number of nitrogens with zero attached hydrogens (tertiary/aromatic N) is 2. The summed E-state index contributed by atoms with van der Waals surface area (Å²) in [5.74, 6) is -0.503. The van der Waals surface area contributed by atoms with E-state index >= 15 is 0 Å². The zero-order valence-corrected chi connectivity index (χ0v) is 11.4. The highest BCUT2D eigenvalue weighted by atomic mass is 35.5. The van der Waals surface area contributed by atoms with Crippen LogP contribution in [-0.4, -0.2) is 11.5 Å². The van der Waals surface area contributed by atoms with Crippen LogP contribution >= 0.6 is 11.6 Å². The van der Waals surface area contributed by atoms with Crippen LogP contribution in [0.3, 0.4) is 0 Å². The first-order valence-corrected chi connectivity index (χ1v) is 6.39. The minimum absolute atomic E-state index is 0.0728. The van der Waals surface area contributed by atoms with Crippen molar-refractivity contribution >= 4 is 23.0 Å². The van der Waals surface area contributed by atoms with Crippen LogP contribution in [0.25, 0.3) is 0 Å². The van der Waals surface area contributed by atoms with Crippen LogP contribution in [0.1, 0.15) is 12.6 Å². The Morgan fingerprint density at radius 2 is 2.16 bits per heavy atom. The number of nitrogens with two attached hydrogens (primary N) is 1. The topological polar surface area (TPSA) is 42.2 Å². The average molecular weight is 280 g/mol. The van der Waals surface area contributed by atoms with Crippen molar-refractivity contribution in [1.82, 2.24) is 4.98 Å². The molecule has 100 valence electrons. The van der Waals surface area contributed by atoms with Gasteiger partial charge in [-0.2, -0.15) is 0 Å². The van der Waals surface area contributed by atoms with Gasteiger partial charge in [-0.05, 0) is 25.1 Å². The monoisotopic (exact) mass is 279 g/mol. The maximum atomic E-state index is 13.3. The Kier molecular flexibility index (Phi) is 4.22. The minimum atomic E-state index is -0.503. The Balaban J connectivity index is 2.30. The van der Waals surface area contributed by atoms with Crippen molar-refractivity contribution in [3.8, 4) is 0 Å². The van der Waals surface area contributed by atoms with Gasteiger partial charge in [0.25, 0.3) is 0 Å². The van der Waals surface area contributed by atoms with E-state index in [1.165, 1.54) is 6.07 Å². The van der Waals surface area contributed by atoms with Crippen molar-refractivity contribution < 1.29 is 4.39 Å². The molecule has 1 heterocycles. The maximum Gasteiger partial charge on any atom is 0.143 e. The summed E-state index contributed by atoms with van der Waals surface area (Å²) >= 11 is 5.82. The normalized spacial score (nSPS) is 10.5. The number of hydrogen-bond acceptors (Lipinski definition) is 3. The van der Waals surface area contributed by atoms with Gasteiger partial charge in [0.1, 0.15) is 5.82 Å². The van der Waals surface area contributed by atoms with Gasteiger partial charge in [-0.3, -0.25) is 4.98 Å². The summed E-state index contributed by atoms with van der Waals surface area (Å²) in [6.45, 7) is 3.33. The van der Waals surface area contributed by atoms with Crippen molar-refractivity contribution in [1.29, 1.82) is 0 Å². The third kappa shape index (κ3) is 3.15. The quantitative estimate of drug-likeness (QED) is 0.871. The molecular formula is C14H15ClFN3. The van der Waals surface area contributed by atoms with E-state index in [0.717, 1.165) is 17.9 Å². The zero-order chi connectivity index (χ0) is 13.8. The molecule has 19 heavy (non-hydrogen) atoms. The molecule has 0 saturated heterocycles. The number of hydrogen-bond donors (Lipinski definition) is 1. The molecule has 0 fully saturated rings. The second-order valence-corrected chi connectivity index (χ2v) is 4.57. The van der Waals surface area contributed by atoms with Crippen molar-refractivity contribution in [2.75, 3.05) is 17.2 Å². The summed E-state index contributed by atoms with van der Waals surface area (Å²) in [4.78, 5) is 6.28. The average Bonchev–Trinajstić information content (AvgIpc) is 2.42. The highest BCUT2D eigenvalue weighted by Crippen LogP contribution is 2.30. The Bertz CT molecular complexity index is 560. The Morgan fingerprint density at radius 3 is 2.79 bits per heavy atom. The first-order valence-electron chi connectivity index (χ1n) is 6.01. The van der Waals surface area contributed by atoms with E-state index in [1.54, 1.807) is 12.3 Å². The molecule has 0 amide bonds. The fourth-order valence-corrected chi connectivity index (χ4v) is 2.04. The van der Waals surface area contributed by atoms with Gasteiger partial charge < -0.3 is 10.6 Å². The molecule has 0 bridgehead atoms. The third-order valence-corrected chi connectivity index (χ3v) is 3.16. The Labute approximate surface area is 116 Å². The summed E-state index contributed by atoms with van der Waals surface area (Å²) in [6.07, 6.45) is 1.74. The predicted molar refractivity (Wildman–Crippen MR) is 76.8 cm³/mol. The summed E-state index contributed by atoms with van der Waals surface area (Å²) in [7, 11) is 0. The second-order valence-electron chi connectivity index (χ2n) is 4.16. The molecular weight excluding hydrogens is 265 g/mol. The van der Waals surface area contributed by atoms with Gasteiger partial charge in [0.05, 0.1) is 28.6 Å². The number of pyridine rings is 1. The first kappa shape index (κ1) is 13.6. The SMILES string of the molecule is CCN(Cc1ccccn1)c1cc(Cl)c(F)cc1N. The number of benzene rings is 1. The Hall–Kier alpha value is -1.81. The van der Waals surface area contributed by atoms with E-state index in [2.05, 4.69) is 4.98 Å². The molecule has 3 nitrogen and oxygen atoms in total. The van der Waals surface area contributed by atoms with E-state index in [1.807, 2.05) is 30.0 Å². The lowest BCUT2D eigenvalue weighted by atomic mass is 10.2. The lowest BCUT2D eigenvalue weighted by Crippen LogP contribution is -2.23. The van der Waals surface area contributed by atoms with E-state index in [4.69, 9.17) is 17.3 Å². The summed E-state index contributed by atoms with van der Waals surface area (Å²) in [5, 5.41) is 0.0728. The molecule has 0 radical (unpaired) electrons. The molecule has 0 aliphatic heterocycles. The molecule has 0 aliphatic rings. The van der Waals surface area contributed by atoms with Crippen LogP contribution in [0, 0.1) is 5.82 Å². The number of nitrogen functional groups attached to an aromatic ring is 1. The summed E-state index contributed by atoms with van der Waals surface area (Å²) < 4.78 is 13.3. The molecule has 1 aromatic carbocycles. The maximum absolute atomic E-state index is 13.3. The summed E-state index contributed by atoms with van der Waals surface area (Å²) in [5.41, 5.74) is 7.88. The molecule has 0 saturated carbocycles. The summed E-state index contributed by atoms with van der Waals surface area (Å²) in [6, 6.07) is 8.53. The molecule has 0 spiro atoms. The zero-order valence-electron chi connectivity index (χ0n) is 10.6. The van der Waals surface area contributed by atoms with Gasteiger partial charge in [-0.15, -0.1) is 0 Å². The van der Waals surface area contributed by atoms with Crippen LogP contribution in [0.4, 0.5) is 15.8 Å². The fraction of sp³-hybridized carbons (Fsp3) is 0.214. The van der Waals surface area contributed by atoms with Gasteiger partial charge in [0.15, 0.2) is 0 Å². The van der Waals surface area contributed by atoms with Crippen LogP contribution in [0.2, 0.25) is 5.02 Å². The van der Waals surface area contributed by atoms with Crippen molar-refractivity contribution in [3.63, 3.8) is 0 Å². The largest absolute Gasteiger partial charge is 0.397 e. The minimum Gasteiger partial charge on any atom is -0.397 e. The van der Waals surface area contributed by atoms with Gasteiger partial charge in [-0.1, -0.05) is 17.7 Å². The number of rotatable bonds is 4. The lowest BCUT2D eigenvalue weighted by Gasteiger charge is -2.24. The van der Waals surface area contributed by atoms with E-state index in [0.29, 0.717) is 12.2 Å². The van der Waals surface area contributed by atoms with E-state index < -0.39 is 5.82 Å². The molecule has 5 heteroatoms. The molecule has 0 unspecified atom stereocenters. The molecule has 2 rings (SSSR count). The predicted octanol–water partition coefficient (Wildman–Crippen LogP) is 3.48. The fourth-order valence-electron chi connectivity index (χ4n) is 1.88. The van der Waals surface area contributed by atoms with Gasteiger partial charge in [0, 0.05) is 18.8 Å². The lowest BCUT2D eigenvalue weighted by molar-refractivity contribution is 0.628. The van der Waals surface area contributed by atoms with Gasteiger partial charge in [0.2, 0.25) is 0 Å². The van der Waals surface area contributed by atoms with Crippen molar-refractivity contribution in [3.05, 3.63) is 53.1 Å². The molecule has 0 atom stereocenters. The van der Waals surface area contributed by atoms with Gasteiger partial charge in [-0.25, -0.2) is 4.39 Å². The van der Waals surface area contributed by atoms with E-state index in [-0.39, 0.29) is 5.02 Å². The van der Waals surface area contributed by atoms with Gasteiger partial charge >= 0.3 is 0 Å². The first-order chi connectivity index (χ1) is 9.11. The van der Waals surface area contributed by atoms with Crippen LogP contribution in [0.15, 0.2) is 36.5 Å². The highest BCUT2D eigenvalue weighted by Gasteiger charge is 2.12. The van der Waals surface area contributed by atoms with E-state index in [9.17, 15) is 4.39 Å². The molecule has 2 N–H and O–H groups in total. The smallest absolute Gasteiger partial charge is 0.143 e. The third-order valence-electron chi connectivity index (χ3n) is 2.87. The van der Waals surface area contributed by atoms with Crippen molar-refractivity contribution in [2.45, 2.75) is 13.5 Å². The number of halogens is 2. The van der Waals surface area contributed by atoms with Crippen molar-refractivity contribution in [2.24, 2.45) is 0 Å². The highest BCUT2D eigenvalue weighted by molar-refractivity contribution is 6.31. The molecule has 1 aromatic heterocycles. The number of anilines is 2. The molecule has 0 aliphatic carbocycles. The van der Waals surface area contributed by atoms with Crippen LogP contribution in [-0.2, 0) is 6.54 Å². The van der Waals surface area contributed by atoms with Crippen LogP contribution in [0.5, 0.6) is 0 Å². The second kappa shape index (κ2) is 5.89. The van der Waals surface area contributed by atoms with Crippen LogP contribution < -0.4 is 10.6 Å². The number of aromatic nitrogens is 1. The Morgan fingerprint density at radius 1 is 1.37 bits per heavy atom. The standard InChI is InChI=1S/C14H15ClFN3/c1-2-19(9-10-5-3-4-6-18-10)14-7-11(15)12(16)8-13(14)17/h3-8H,2,9,17H2,1H3.